The quantitative estimate of drug-likeness (QED) is 0.838. The van der Waals surface area contributed by atoms with Crippen LogP contribution >= 0.6 is 0 Å². The Morgan fingerprint density at radius 1 is 1.35 bits per heavy atom. The molecule has 1 aliphatic rings. The maximum absolute atomic E-state index is 11.3. The maximum atomic E-state index is 11.3. The van der Waals surface area contributed by atoms with E-state index in [-0.39, 0.29) is 17.8 Å². The maximum Gasteiger partial charge on any atom is 0.337 e. The first kappa shape index (κ1) is 14.5. The van der Waals surface area contributed by atoms with Crippen molar-refractivity contribution in [3.63, 3.8) is 0 Å². The monoisotopic (exact) mass is 276 g/mol. The summed E-state index contributed by atoms with van der Waals surface area (Å²) in [7, 11) is 1.37. The number of esters is 1. The highest BCUT2D eigenvalue weighted by molar-refractivity contribution is 5.89. The van der Waals surface area contributed by atoms with E-state index in [1.54, 1.807) is 12.1 Å². The van der Waals surface area contributed by atoms with E-state index >= 15 is 0 Å². The SMILES string of the molecule is COC(=O)c1ccc(CN2CCC[C@H](C(N)=O)C2)cc1. The number of nitrogens with two attached hydrogens (primary N) is 1. The van der Waals surface area contributed by atoms with Crippen LogP contribution in [0, 0.1) is 5.92 Å². The molecule has 0 spiro atoms. The van der Waals surface area contributed by atoms with Gasteiger partial charge in [-0.05, 0) is 37.1 Å². The molecule has 2 rings (SSSR count). The largest absolute Gasteiger partial charge is 0.465 e. The van der Waals surface area contributed by atoms with Crippen LogP contribution in [-0.2, 0) is 16.1 Å². The summed E-state index contributed by atoms with van der Waals surface area (Å²) in [4.78, 5) is 24.8. The molecular formula is C15H20N2O3. The molecule has 1 atom stereocenters. The first-order valence-electron chi connectivity index (χ1n) is 6.79. The van der Waals surface area contributed by atoms with Crippen LogP contribution in [0.25, 0.3) is 0 Å². The molecular weight excluding hydrogens is 256 g/mol. The molecule has 1 amide bonds. The number of nitrogens with zero attached hydrogens (tertiary/aromatic N) is 1. The highest BCUT2D eigenvalue weighted by Gasteiger charge is 2.23. The van der Waals surface area contributed by atoms with Crippen LogP contribution in [-0.4, -0.2) is 37.0 Å². The first-order valence-corrected chi connectivity index (χ1v) is 6.79. The van der Waals surface area contributed by atoms with Gasteiger partial charge in [0, 0.05) is 13.1 Å². The Kier molecular flexibility index (Phi) is 4.74. The second kappa shape index (κ2) is 6.52. The molecule has 0 radical (unpaired) electrons. The van der Waals surface area contributed by atoms with Crippen molar-refractivity contribution in [3.05, 3.63) is 35.4 Å². The van der Waals surface area contributed by atoms with Crippen molar-refractivity contribution in [2.45, 2.75) is 19.4 Å². The summed E-state index contributed by atoms with van der Waals surface area (Å²) in [5.41, 5.74) is 7.03. The Morgan fingerprint density at radius 3 is 2.65 bits per heavy atom. The lowest BCUT2D eigenvalue weighted by molar-refractivity contribution is -0.123. The van der Waals surface area contributed by atoms with E-state index in [2.05, 4.69) is 9.64 Å². The zero-order chi connectivity index (χ0) is 14.5. The molecule has 20 heavy (non-hydrogen) atoms. The summed E-state index contributed by atoms with van der Waals surface area (Å²) < 4.78 is 4.67. The van der Waals surface area contributed by atoms with Gasteiger partial charge in [0.2, 0.25) is 5.91 Å². The van der Waals surface area contributed by atoms with Crippen molar-refractivity contribution < 1.29 is 14.3 Å². The van der Waals surface area contributed by atoms with Gasteiger partial charge >= 0.3 is 5.97 Å². The molecule has 1 fully saturated rings. The minimum atomic E-state index is -0.330. The fraction of sp³-hybridized carbons (Fsp3) is 0.467. The van der Waals surface area contributed by atoms with Crippen molar-refractivity contribution in [1.29, 1.82) is 0 Å². The predicted molar refractivity (Wildman–Crippen MR) is 75.0 cm³/mol. The lowest BCUT2D eigenvalue weighted by Crippen LogP contribution is -2.40. The molecule has 5 heteroatoms. The lowest BCUT2D eigenvalue weighted by atomic mass is 9.97. The second-order valence-corrected chi connectivity index (χ2v) is 5.17. The van der Waals surface area contributed by atoms with E-state index in [1.165, 1.54) is 7.11 Å². The molecule has 0 saturated carbocycles. The lowest BCUT2D eigenvalue weighted by Gasteiger charge is -2.31. The third-order valence-electron chi connectivity index (χ3n) is 3.69. The van der Waals surface area contributed by atoms with Crippen LogP contribution in [0.15, 0.2) is 24.3 Å². The van der Waals surface area contributed by atoms with Gasteiger partial charge in [-0.15, -0.1) is 0 Å². The van der Waals surface area contributed by atoms with Gasteiger partial charge in [0.05, 0.1) is 18.6 Å². The number of likely N-dealkylation sites (tertiary alicyclic amines) is 1. The second-order valence-electron chi connectivity index (χ2n) is 5.17. The number of hydrogen-bond acceptors (Lipinski definition) is 4. The van der Waals surface area contributed by atoms with E-state index in [9.17, 15) is 9.59 Å². The van der Waals surface area contributed by atoms with Crippen LogP contribution in [0.3, 0.4) is 0 Å². The molecule has 108 valence electrons. The zero-order valence-corrected chi connectivity index (χ0v) is 11.7. The highest BCUT2D eigenvalue weighted by Crippen LogP contribution is 2.18. The van der Waals surface area contributed by atoms with Gasteiger partial charge in [-0.2, -0.15) is 0 Å². The minimum Gasteiger partial charge on any atom is -0.465 e. The molecule has 0 aliphatic carbocycles. The van der Waals surface area contributed by atoms with Crippen molar-refractivity contribution in [2.75, 3.05) is 20.2 Å². The Labute approximate surface area is 118 Å². The number of primary amides is 1. The standard InChI is InChI=1S/C15H20N2O3/c1-20-15(19)12-6-4-11(5-7-12)9-17-8-2-3-13(10-17)14(16)18/h4-7,13H,2-3,8-10H2,1H3,(H2,16,18)/t13-/m0/s1. The van der Waals surface area contributed by atoms with Gasteiger partial charge in [0.25, 0.3) is 0 Å². The van der Waals surface area contributed by atoms with Crippen LogP contribution in [0.2, 0.25) is 0 Å². The van der Waals surface area contributed by atoms with Crippen LogP contribution < -0.4 is 5.73 Å². The number of hydrogen-bond donors (Lipinski definition) is 1. The number of amides is 1. The Hall–Kier alpha value is -1.88. The minimum absolute atomic E-state index is 0.0434. The van der Waals surface area contributed by atoms with Crippen molar-refractivity contribution in [1.82, 2.24) is 4.90 Å². The summed E-state index contributed by atoms with van der Waals surface area (Å²) in [6.07, 6.45) is 1.88. The topological polar surface area (TPSA) is 72.6 Å². The molecule has 2 N–H and O–H groups in total. The number of rotatable bonds is 4. The average Bonchev–Trinajstić information content (AvgIpc) is 2.47. The molecule has 5 nitrogen and oxygen atoms in total. The summed E-state index contributed by atoms with van der Waals surface area (Å²) in [6, 6.07) is 7.35. The van der Waals surface area contributed by atoms with Crippen molar-refractivity contribution >= 4 is 11.9 Å². The third-order valence-corrected chi connectivity index (χ3v) is 3.69. The number of benzene rings is 1. The van der Waals surface area contributed by atoms with Gasteiger partial charge < -0.3 is 10.5 Å². The molecule has 1 heterocycles. The summed E-state index contributed by atoms with van der Waals surface area (Å²) in [5.74, 6) is -0.586. The van der Waals surface area contributed by atoms with Gasteiger partial charge in [-0.1, -0.05) is 12.1 Å². The molecule has 0 bridgehead atoms. The van der Waals surface area contributed by atoms with Gasteiger partial charge in [-0.25, -0.2) is 4.79 Å². The van der Waals surface area contributed by atoms with Gasteiger partial charge in [0.15, 0.2) is 0 Å². The number of methoxy groups -OCH3 is 1. The number of piperidine rings is 1. The van der Waals surface area contributed by atoms with Crippen molar-refractivity contribution in [3.8, 4) is 0 Å². The van der Waals surface area contributed by atoms with E-state index in [4.69, 9.17) is 5.73 Å². The zero-order valence-electron chi connectivity index (χ0n) is 11.7. The molecule has 1 aromatic carbocycles. The number of ether oxygens (including phenoxy) is 1. The van der Waals surface area contributed by atoms with E-state index in [0.717, 1.165) is 31.5 Å². The predicted octanol–water partition coefficient (Wildman–Crippen LogP) is 1.17. The van der Waals surface area contributed by atoms with E-state index < -0.39 is 0 Å². The fourth-order valence-corrected chi connectivity index (χ4v) is 2.55. The third kappa shape index (κ3) is 3.57. The first-order chi connectivity index (χ1) is 9.60. The Bertz CT molecular complexity index is 484. The Balaban J connectivity index is 1.96. The van der Waals surface area contributed by atoms with E-state index in [0.29, 0.717) is 12.1 Å². The molecule has 1 aliphatic heterocycles. The number of carbonyl (C=O) groups is 2. The fourth-order valence-electron chi connectivity index (χ4n) is 2.55. The Morgan fingerprint density at radius 2 is 2.05 bits per heavy atom. The van der Waals surface area contributed by atoms with Gasteiger partial charge in [0.1, 0.15) is 0 Å². The normalized spacial score (nSPS) is 19.6. The molecule has 0 aromatic heterocycles. The molecule has 0 unspecified atom stereocenters. The van der Waals surface area contributed by atoms with Crippen LogP contribution in [0.1, 0.15) is 28.8 Å². The van der Waals surface area contributed by atoms with Gasteiger partial charge in [-0.3, -0.25) is 9.69 Å². The molecule has 1 saturated heterocycles. The van der Waals surface area contributed by atoms with Crippen LogP contribution in [0.4, 0.5) is 0 Å². The highest BCUT2D eigenvalue weighted by atomic mass is 16.5. The average molecular weight is 276 g/mol. The van der Waals surface area contributed by atoms with E-state index in [1.807, 2.05) is 12.1 Å². The number of carbonyl (C=O) groups excluding carboxylic acids is 2. The summed E-state index contributed by atoms with van der Waals surface area (Å²) >= 11 is 0. The summed E-state index contributed by atoms with van der Waals surface area (Å²) in [6.45, 7) is 2.46. The van der Waals surface area contributed by atoms with Crippen LogP contribution in [0.5, 0.6) is 0 Å². The smallest absolute Gasteiger partial charge is 0.337 e. The molecule has 1 aromatic rings. The summed E-state index contributed by atoms with van der Waals surface area (Å²) in [5, 5.41) is 0. The van der Waals surface area contributed by atoms with Crippen molar-refractivity contribution in [2.24, 2.45) is 11.7 Å².